The highest BCUT2D eigenvalue weighted by atomic mass is 16.4. The smallest absolute Gasteiger partial charge is 0.331 e. The van der Waals surface area contributed by atoms with Gasteiger partial charge in [-0.05, 0) is 26.0 Å². The Morgan fingerprint density at radius 1 is 1.47 bits per heavy atom. The fourth-order valence-electron chi connectivity index (χ4n) is 1.80. The third kappa shape index (κ3) is 1.44. The number of aliphatic carboxylic acids is 1. The molecule has 0 aliphatic carbocycles. The summed E-state index contributed by atoms with van der Waals surface area (Å²) < 4.78 is 2.59. The monoisotopic (exact) mass is 235 g/mol. The topological polar surface area (TPSA) is 77.1 Å². The first-order chi connectivity index (χ1) is 7.87. The Kier molecular flexibility index (Phi) is 2.30. The molecule has 0 saturated carbocycles. The van der Waals surface area contributed by atoms with Crippen LogP contribution < -0.4 is 5.69 Å². The molecule has 1 N–H and O–H groups in total. The number of rotatable bonds is 2. The summed E-state index contributed by atoms with van der Waals surface area (Å²) in [5.74, 6) is -1.06. The van der Waals surface area contributed by atoms with Gasteiger partial charge in [0.15, 0.2) is 5.65 Å². The second-order valence-corrected chi connectivity index (χ2v) is 4.39. The van der Waals surface area contributed by atoms with Gasteiger partial charge in [-0.2, -0.15) is 0 Å². The molecule has 0 aromatic carbocycles. The molecule has 0 bridgehead atoms. The Morgan fingerprint density at radius 3 is 2.71 bits per heavy atom. The summed E-state index contributed by atoms with van der Waals surface area (Å²) in [7, 11) is 1.58. The molecule has 2 aromatic heterocycles. The van der Waals surface area contributed by atoms with Crippen molar-refractivity contribution in [2.75, 3.05) is 0 Å². The van der Waals surface area contributed by atoms with Crippen molar-refractivity contribution in [1.82, 2.24) is 14.1 Å². The van der Waals surface area contributed by atoms with Gasteiger partial charge in [0.05, 0.1) is 5.52 Å². The van der Waals surface area contributed by atoms with E-state index in [0.717, 1.165) is 0 Å². The molecule has 2 rings (SSSR count). The van der Waals surface area contributed by atoms with Crippen LogP contribution in [0.25, 0.3) is 11.2 Å². The molecule has 0 aliphatic heterocycles. The zero-order valence-corrected chi connectivity index (χ0v) is 9.84. The van der Waals surface area contributed by atoms with Crippen LogP contribution in [-0.2, 0) is 17.4 Å². The molecule has 6 nitrogen and oxygen atoms in total. The fourth-order valence-corrected chi connectivity index (χ4v) is 1.80. The van der Waals surface area contributed by atoms with Gasteiger partial charge in [0.2, 0.25) is 0 Å². The van der Waals surface area contributed by atoms with Crippen molar-refractivity contribution in [1.29, 1.82) is 0 Å². The second kappa shape index (κ2) is 3.44. The van der Waals surface area contributed by atoms with Gasteiger partial charge in [-0.1, -0.05) is 0 Å². The van der Waals surface area contributed by atoms with Crippen LogP contribution in [0.5, 0.6) is 0 Å². The fraction of sp³-hybridized carbons (Fsp3) is 0.364. The molecule has 90 valence electrons. The number of carboxylic acid groups (broad SMARTS) is 1. The predicted molar refractivity (Wildman–Crippen MR) is 61.9 cm³/mol. The lowest BCUT2D eigenvalue weighted by Crippen LogP contribution is -2.42. The van der Waals surface area contributed by atoms with Gasteiger partial charge < -0.3 is 5.11 Å². The van der Waals surface area contributed by atoms with Crippen LogP contribution in [0.4, 0.5) is 0 Å². The van der Waals surface area contributed by atoms with Crippen LogP contribution >= 0.6 is 0 Å². The Labute approximate surface area is 97.1 Å². The summed E-state index contributed by atoms with van der Waals surface area (Å²) in [4.78, 5) is 27.4. The summed E-state index contributed by atoms with van der Waals surface area (Å²) in [6.45, 7) is 2.98. The largest absolute Gasteiger partial charge is 0.480 e. The molecule has 2 heterocycles. The molecule has 17 heavy (non-hydrogen) atoms. The Bertz CT molecular complexity index is 652. The van der Waals surface area contributed by atoms with Crippen molar-refractivity contribution in [3.63, 3.8) is 0 Å². The van der Waals surface area contributed by atoms with Crippen molar-refractivity contribution in [2.45, 2.75) is 19.4 Å². The van der Waals surface area contributed by atoms with Gasteiger partial charge in [0, 0.05) is 13.2 Å². The third-order valence-corrected chi connectivity index (χ3v) is 2.89. The number of aromatic nitrogens is 3. The maximum atomic E-state index is 12.1. The number of aryl methyl sites for hydroxylation is 1. The normalized spacial score (nSPS) is 11.9. The Balaban J connectivity index is 2.92. The van der Waals surface area contributed by atoms with Gasteiger partial charge >= 0.3 is 11.7 Å². The Morgan fingerprint density at radius 2 is 2.12 bits per heavy atom. The van der Waals surface area contributed by atoms with Crippen molar-refractivity contribution < 1.29 is 9.90 Å². The van der Waals surface area contributed by atoms with Crippen molar-refractivity contribution in [3.05, 3.63) is 28.8 Å². The quantitative estimate of drug-likeness (QED) is 0.824. The van der Waals surface area contributed by atoms with E-state index in [2.05, 4.69) is 4.98 Å². The van der Waals surface area contributed by atoms with E-state index < -0.39 is 11.5 Å². The molecule has 0 aliphatic rings. The van der Waals surface area contributed by atoms with E-state index in [-0.39, 0.29) is 5.69 Å². The molecule has 0 saturated heterocycles. The van der Waals surface area contributed by atoms with Crippen LogP contribution in [0.2, 0.25) is 0 Å². The first-order valence-electron chi connectivity index (χ1n) is 5.13. The molecule has 2 aromatic rings. The predicted octanol–water partition coefficient (Wildman–Crippen LogP) is 0.555. The van der Waals surface area contributed by atoms with Gasteiger partial charge in [-0.15, -0.1) is 0 Å². The number of pyridine rings is 1. The molecular weight excluding hydrogens is 222 g/mol. The molecule has 0 amide bonds. The van der Waals surface area contributed by atoms with Gasteiger partial charge in [-0.3, -0.25) is 9.13 Å². The second-order valence-electron chi connectivity index (χ2n) is 4.39. The maximum absolute atomic E-state index is 12.1. The van der Waals surface area contributed by atoms with Crippen LogP contribution in [0.15, 0.2) is 23.1 Å². The van der Waals surface area contributed by atoms with E-state index in [9.17, 15) is 14.7 Å². The summed E-state index contributed by atoms with van der Waals surface area (Å²) in [5, 5.41) is 9.20. The lowest BCUT2D eigenvalue weighted by molar-refractivity contribution is -0.145. The molecular formula is C11H13N3O3. The van der Waals surface area contributed by atoms with E-state index >= 15 is 0 Å². The van der Waals surface area contributed by atoms with Crippen molar-refractivity contribution >= 4 is 17.1 Å². The van der Waals surface area contributed by atoms with Gasteiger partial charge in [-0.25, -0.2) is 14.6 Å². The SMILES string of the molecule is Cn1c(=O)n(C(C)(C)C(=O)O)c2cccnc21. The number of hydrogen-bond acceptors (Lipinski definition) is 3. The zero-order valence-electron chi connectivity index (χ0n) is 9.84. The highest BCUT2D eigenvalue weighted by Gasteiger charge is 2.33. The van der Waals surface area contributed by atoms with Crippen LogP contribution in [-0.4, -0.2) is 25.2 Å². The van der Waals surface area contributed by atoms with Gasteiger partial charge in [0.1, 0.15) is 5.54 Å². The number of carboxylic acids is 1. The number of nitrogens with zero attached hydrogens (tertiary/aromatic N) is 3. The number of hydrogen-bond donors (Lipinski definition) is 1. The standard InChI is InChI=1S/C11H13N3O3/c1-11(2,9(15)16)14-7-5-4-6-12-8(7)13(3)10(14)17/h4-6H,1-3H3,(H,15,16). The first-order valence-corrected chi connectivity index (χ1v) is 5.13. The average molecular weight is 235 g/mol. The summed E-state index contributed by atoms with van der Waals surface area (Å²) in [6.07, 6.45) is 1.57. The zero-order chi connectivity index (χ0) is 12.8. The average Bonchev–Trinajstić information content (AvgIpc) is 2.52. The maximum Gasteiger partial charge on any atom is 0.331 e. The number of fused-ring (bicyclic) bond motifs is 1. The van der Waals surface area contributed by atoms with Crippen molar-refractivity contribution in [2.24, 2.45) is 7.05 Å². The Hall–Kier alpha value is -2.11. The van der Waals surface area contributed by atoms with E-state index in [1.54, 1.807) is 25.4 Å². The van der Waals surface area contributed by atoms with E-state index in [1.165, 1.54) is 23.0 Å². The minimum atomic E-state index is -1.31. The lowest BCUT2D eigenvalue weighted by Gasteiger charge is -2.20. The van der Waals surface area contributed by atoms with Crippen LogP contribution in [0, 0.1) is 0 Å². The molecule has 0 atom stereocenters. The molecule has 0 fully saturated rings. The van der Waals surface area contributed by atoms with E-state index in [0.29, 0.717) is 11.2 Å². The minimum Gasteiger partial charge on any atom is -0.480 e. The lowest BCUT2D eigenvalue weighted by atomic mass is 10.1. The van der Waals surface area contributed by atoms with Crippen molar-refractivity contribution in [3.8, 4) is 0 Å². The summed E-state index contributed by atoms with van der Waals surface area (Å²) in [6, 6.07) is 3.37. The molecule has 6 heteroatoms. The number of carbonyl (C=O) groups is 1. The number of imidazole rings is 1. The third-order valence-electron chi connectivity index (χ3n) is 2.89. The molecule has 0 unspecified atom stereocenters. The van der Waals surface area contributed by atoms with Crippen LogP contribution in [0.3, 0.4) is 0 Å². The minimum absolute atomic E-state index is 0.383. The molecule has 0 radical (unpaired) electrons. The molecule has 0 spiro atoms. The first kappa shape index (κ1) is 11.4. The van der Waals surface area contributed by atoms with E-state index in [4.69, 9.17) is 0 Å². The highest BCUT2D eigenvalue weighted by Crippen LogP contribution is 2.19. The summed E-state index contributed by atoms with van der Waals surface area (Å²) in [5.41, 5.74) is -0.690. The van der Waals surface area contributed by atoms with Gasteiger partial charge in [0.25, 0.3) is 0 Å². The summed E-state index contributed by atoms with van der Waals surface area (Å²) >= 11 is 0. The van der Waals surface area contributed by atoms with E-state index in [1.807, 2.05) is 0 Å². The highest BCUT2D eigenvalue weighted by molar-refractivity contribution is 5.80. The van der Waals surface area contributed by atoms with Crippen LogP contribution in [0.1, 0.15) is 13.8 Å².